The van der Waals surface area contributed by atoms with Crippen LogP contribution in [-0.4, -0.2) is 25.3 Å². The van der Waals surface area contributed by atoms with E-state index >= 15 is 0 Å². The van der Waals surface area contributed by atoms with E-state index in [0.717, 1.165) is 30.4 Å². The third kappa shape index (κ3) is 2.53. The Bertz CT molecular complexity index is 489. The van der Waals surface area contributed by atoms with Crippen LogP contribution < -0.4 is 9.47 Å². The molecule has 0 aliphatic heterocycles. The highest BCUT2D eigenvalue weighted by molar-refractivity contribution is 5.70. The Hall–Kier alpha value is -1.71. The van der Waals surface area contributed by atoms with Crippen molar-refractivity contribution in [3.63, 3.8) is 0 Å². The van der Waals surface area contributed by atoms with E-state index in [1.165, 1.54) is 0 Å². The number of methoxy groups -OCH3 is 2. The van der Waals surface area contributed by atoms with Gasteiger partial charge in [0, 0.05) is 5.41 Å². The van der Waals surface area contributed by atoms with Gasteiger partial charge in [0.15, 0.2) is 11.5 Å². The van der Waals surface area contributed by atoms with Crippen molar-refractivity contribution in [3.8, 4) is 11.5 Å². The lowest BCUT2D eigenvalue weighted by molar-refractivity contribution is -0.137. The summed E-state index contributed by atoms with van der Waals surface area (Å²) in [6.07, 6.45) is 2.91. The van der Waals surface area contributed by atoms with Crippen molar-refractivity contribution in [2.75, 3.05) is 14.2 Å². The van der Waals surface area contributed by atoms with E-state index in [4.69, 9.17) is 14.6 Å². The molecule has 1 aliphatic carbocycles. The molecule has 104 valence electrons. The normalized spacial score (nSPS) is 15.9. The van der Waals surface area contributed by atoms with Gasteiger partial charge in [-0.2, -0.15) is 0 Å². The van der Waals surface area contributed by atoms with Crippen LogP contribution in [0.4, 0.5) is 0 Å². The molecule has 0 bridgehead atoms. The summed E-state index contributed by atoms with van der Waals surface area (Å²) < 4.78 is 10.6. The van der Waals surface area contributed by atoms with Crippen molar-refractivity contribution in [3.05, 3.63) is 23.3 Å². The Morgan fingerprint density at radius 2 is 1.84 bits per heavy atom. The van der Waals surface area contributed by atoms with Gasteiger partial charge in [0.1, 0.15) is 0 Å². The summed E-state index contributed by atoms with van der Waals surface area (Å²) in [5.74, 6) is 0.634. The van der Waals surface area contributed by atoms with Crippen LogP contribution in [0.15, 0.2) is 12.1 Å². The summed E-state index contributed by atoms with van der Waals surface area (Å²) in [5.41, 5.74) is 2.06. The van der Waals surface area contributed by atoms with E-state index in [2.05, 4.69) is 6.92 Å². The van der Waals surface area contributed by atoms with Crippen molar-refractivity contribution < 1.29 is 19.4 Å². The fourth-order valence-electron chi connectivity index (χ4n) is 2.69. The summed E-state index contributed by atoms with van der Waals surface area (Å²) in [6.45, 7) is 2.07. The number of carboxylic acid groups (broad SMARTS) is 1. The van der Waals surface area contributed by atoms with Gasteiger partial charge in [0.05, 0.1) is 20.6 Å². The fourth-order valence-corrected chi connectivity index (χ4v) is 2.69. The standard InChI is InChI=1S/C15H20O4/c1-4-10-7-12(18-2)13(19-3)8-11(10)15(5-6-15)9-14(16)17/h7-8H,4-6,9H2,1-3H3,(H,16,17). The summed E-state index contributed by atoms with van der Waals surface area (Å²) >= 11 is 0. The highest BCUT2D eigenvalue weighted by atomic mass is 16.5. The number of aliphatic carboxylic acids is 1. The summed E-state index contributed by atoms with van der Waals surface area (Å²) in [5, 5.41) is 9.09. The molecule has 1 aromatic carbocycles. The molecule has 1 aromatic rings. The molecule has 1 saturated carbocycles. The lowest BCUT2D eigenvalue weighted by Crippen LogP contribution is -2.15. The molecule has 0 atom stereocenters. The number of carboxylic acids is 1. The van der Waals surface area contributed by atoms with Crippen LogP contribution in [0.5, 0.6) is 11.5 Å². The van der Waals surface area contributed by atoms with Crippen LogP contribution in [0.1, 0.15) is 37.3 Å². The lowest BCUT2D eigenvalue weighted by atomic mass is 9.87. The van der Waals surface area contributed by atoms with Crippen LogP contribution in [0.3, 0.4) is 0 Å². The van der Waals surface area contributed by atoms with Crippen LogP contribution >= 0.6 is 0 Å². The summed E-state index contributed by atoms with van der Waals surface area (Å²) in [7, 11) is 3.21. The number of hydrogen-bond acceptors (Lipinski definition) is 3. The van der Waals surface area contributed by atoms with Crippen molar-refractivity contribution in [2.24, 2.45) is 0 Å². The third-order valence-corrected chi connectivity index (χ3v) is 3.90. The van der Waals surface area contributed by atoms with Crippen molar-refractivity contribution >= 4 is 5.97 Å². The molecule has 4 heteroatoms. The number of hydrogen-bond donors (Lipinski definition) is 1. The molecule has 0 unspecified atom stereocenters. The van der Waals surface area contributed by atoms with Gasteiger partial charge >= 0.3 is 5.97 Å². The highest BCUT2D eigenvalue weighted by Gasteiger charge is 2.47. The van der Waals surface area contributed by atoms with Crippen LogP contribution in [0.2, 0.25) is 0 Å². The van der Waals surface area contributed by atoms with E-state index in [0.29, 0.717) is 11.5 Å². The van der Waals surface area contributed by atoms with Crippen LogP contribution in [0, 0.1) is 0 Å². The molecule has 2 rings (SSSR count). The molecule has 1 aliphatic rings. The predicted octanol–water partition coefficient (Wildman–Crippen LogP) is 2.77. The summed E-state index contributed by atoms with van der Waals surface area (Å²) in [4.78, 5) is 11.0. The number of carbonyl (C=O) groups is 1. The molecule has 0 saturated heterocycles. The van der Waals surface area contributed by atoms with E-state index in [9.17, 15) is 4.79 Å². The molecule has 4 nitrogen and oxygen atoms in total. The second-order valence-electron chi connectivity index (χ2n) is 5.07. The number of rotatable bonds is 6. The smallest absolute Gasteiger partial charge is 0.304 e. The van der Waals surface area contributed by atoms with Crippen molar-refractivity contribution in [2.45, 2.75) is 38.0 Å². The van der Waals surface area contributed by atoms with Gasteiger partial charge in [0.25, 0.3) is 0 Å². The Labute approximate surface area is 113 Å². The lowest BCUT2D eigenvalue weighted by Gasteiger charge is -2.20. The highest BCUT2D eigenvalue weighted by Crippen LogP contribution is 2.53. The van der Waals surface area contributed by atoms with Crippen molar-refractivity contribution in [1.29, 1.82) is 0 Å². The van der Waals surface area contributed by atoms with Crippen LogP contribution in [-0.2, 0) is 16.6 Å². The van der Waals surface area contributed by atoms with Gasteiger partial charge in [-0.25, -0.2) is 0 Å². The monoisotopic (exact) mass is 264 g/mol. The first-order valence-corrected chi connectivity index (χ1v) is 6.53. The molecular formula is C15H20O4. The van der Waals surface area contributed by atoms with Crippen molar-refractivity contribution in [1.82, 2.24) is 0 Å². The van der Waals surface area contributed by atoms with E-state index in [1.54, 1.807) is 14.2 Å². The van der Waals surface area contributed by atoms with Gasteiger partial charge in [-0.1, -0.05) is 6.92 Å². The maximum Gasteiger partial charge on any atom is 0.304 e. The molecule has 0 radical (unpaired) electrons. The Morgan fingerprint density at radius 3 is 2.26 bits per heavy atom. The molecule has 1 fully saturated rings. The number of benzene rings is 1. The van der Waals surface area contributed by atoms with E-state index < -0.39 is 5.97 Å². The predicted molar refractivity (Wildman–Crippen MR) is 72.1 cm³/mol. The number of ether oxygens (including phenoxy) is 2. The topological polar surface area (TPSA) is 55.8 Å². The first-order valence-electron chi connectivity index (χ1n) is 6.53. The first kappa shape index (κ1) is 13.7. The Morgan fingerprint density at radius 1 is 1.26 bits per heavy atom. The quantitative estimate of drug-likeness (QED) is 0.858. The largest absolute Gasteiger partial charge is 0.493 e. The Balaban J connectivity index is 2.47. The second kappa shape index (κ2) is 5.11. The second-order valence-corrected chi connectivity index (χ2v) is 5.07. The molecule has 0 heterocycles. The third-order valence-electron chi connectivity index (χ3n) is 3.90. The maximum absolute atomic E-state index is 11.0. The van der Waals surface area contributed by atoms with Gasteiger partial charge < -0.3 is 14.6 Å². The molecule has 0 spiro atoms. The average Bonchev–Trinajstić information content (AvgIpc) is 3.16. The zero-order valence-corrected chi connectivity index (χ0v) is 11.7. The fraction of sp³-hybridized carbons (Fsp3) is 0.533. The molecule has 0 amide bonds. The molecule has 0 aromatic heterocycles. The zero-order chi connectivity index (χ0) is 14.0. The molecular weight excluding hydrogens is 244 g/mol. The van der Waals surface area contributed by atoms with E-state index in [-0.39, 0.29) is 11.8 Å². The first-order chi connectivity index (χ1) is 9.06. The Kier molecular flexibility index (Phi) is 3.69. The minimum atomic E-state index is -0.741. The van der Waals surface area contributed by atoms with Gasteiger partial charge in [-0.15, -0.1) is 0 Å². The zero-order valence-electron chi connectivity index (χ0n) is 11.7. The minimum Gasteiger partial charge on any atom is -0.493 e. The molecule has 19 heavy (non-hydrogen) atoms. The minimum absolute atomic E-state index is 0.190. The SMILES string of the molecule is CCc1cc(OC)c(OC)cc1C1(CC(=O)O)CC1. The van der Waals surface area contributed by atoms with Gasteiger partial charge in [-0.05, 0) is 42.5 Å². The number of aryl methyl sites for hydroxylation is 1. The summed E-state index contributed by atoms with van der Waals surface area (Å²) in [6, 6.07) is 3.92. The van der Waals surface area contributed by atoms with E-state index in [1.807, 2.05) is 12.1 Å². The van der Waals surface area contributed by atoms with Gasteiger partial charge in [0.2, 0.25) is 0 Å². The van der Waals surface area contributed by atoms with Crippen LogP contribution in [0.25, 0.3) is 0 Å². The average molecular weight is 264 g/mol. The van der Waals surface area contributed by atoms with Gasteiger partial charge in [-0.3, -0.25) is 4.79 Å². The maximum atomic E-state index is 11.0. The molecule has 1 N–H and O–H groups in total.